The lowest BCUT2D eigenvalue weighted by Crippen LogP contribution is -2.26. The number of methoxy groups -OCH3 is 1. The van der Waals surface area contributed by atoms with Gasteiger partial charge in [0, 0.05) is 11.3 Å². The molecule has 0 fully saturated rings. The molecule has 2 aromatic carbocycles. The number of nitrogens with one attached hydrogen (secondary N) is 1. The highest BCUT2D eigenvalue weighted by molar-refractivity contribution is 5.94. The summed E-state index contributed by atoms with van der Waals surface area (Å²) in [6.07, 6.45) is 0.804. The largest absolute Gasteiger partial charge is 0.493 e. The number of carbonyl (C=O) groups excluding carboxylic acids is 1. The summed E-state index contributed by atoms with van der Waals surface area (Å²) in [6, 6.07) is 13.1. The molecule has 0 saturated carbocycles. The minimum absolute atomic E-state index is 0.266. The third kappa shape index (κ3) is 6.61. The number of ether oxygens (including phenoxy) is 2. The number of hydrogen-bond donors (Lipinski definition) is 1. The third-order valence-corrected chi connectivity index (χ3v) is 3.84. The van der Waals surface area contributed by atoms with Crippen LogP contribution in [0.25, 0.3) is 0 Å². The quantitative estimate of drug-likeness (QED) is 0.513. The number of rotatable bonds is 9. The maximum Gasteiger partial charge on any atom is 0.267 e. The average Bonchev–Trinajstić information content (AvgIpc) is 2.66. The normalized spacial score (nSPS) is 12.1. The Kier molecular flexibility index (Phi) is 7.87. The number of aryl methyl sites for hydroxylation is 1. The van der Waals surface area contributed by atoms with Crippen LogP contribution < -0.4 is 14.8 Å². The lowest BCUT2D eigenvalue weighted by atomic mass is 10.2. The van der Waals surface area contributed by atoms with Crippen LogP contribution in [0.1, 0.15) is 31.9 Å². The molecule has 28 heavy (non-hydrogen) atoms. The van der Waals surface area contributed by atoms with Crippen molar-refractivity contribution in [1.29, 1.82) is 0 Å². The number of oxime groups is 1. The van der Waals surface area contributed by atoms with Crippen LogP contribution in [0.15, 0.2) is 47.6 Å². The van der Waals surface area contributed by atoms with Crippen LogP contribution >= 0.6 is 0 Å². The molecule has 0 bridgehead atoms. The molecule has 0 aliphatic carbocycles. The Morgan fingerprint density at radius 1 is 1.14 bits per heavy atom. The zero-order valence-electron chi connectivity index (χ0n) is 17.1. The number of anilines is 1. The summed E-state index contributed by atoms with van der Waals surface area (Å²) in [6.45, 7) is 8.39. The Labute approximate surface area is 166 Å². The second-order valence-electron chi connectivity index (χ2n) is 6.96. The highest BCUT2D eigenvalue weighted by Gasteiger charge is 2.14. The molecule has 0 aromatic heterocycles. The molecule has 1 N–H and O–H groups in total. The fourth-order valence-corrected chi connectivity index (χ4v) is 2.34. The van der Waals surface area contributed by atoms with E-state index < -0.39 is 6.10 Å². The summed E-state index contributed by atoms with van der Waals surface area (Å²) in [5, 5.41) is 6.72. The molecule has 0 radical (unpaired) electrons. The van der Waals surface area contributed by atoms with Crippen LogP contribution in [-0.2, 0) is 9.63 Å². The van der Waals surface area contributed by atoms with Crippen molar-refractivity contribution in [3.8, 4) is 11.5 Å². The minimum atomic E-state index is -0.729. The SMILES string of the molecule is COc1cc(/C=N\O[C@H](C)C(=O)Nc2cccc(C)c2)ccc1OCC(C)C. The van der Waals surface area contributed by atoms with E-state index >= 15 is 0 Å². The fraction of sp³-hybridized carbons (Fsp3) is 0.364. The van der Waals surface area contributed by atoms with Crippen LogP contribution in [0.5, 0.6) is 11.5 Å². The standard InChI is InChI=1S/C22H28N2O4/c1-15(2)14-27-20-10-9-18(12-21(20)26-5)13-23-28-17(4)22(25)24-19-8-6-7-16(3)11-19/h6-13,15,17H,14H2,1-5H3,(H,24,25)/b23-13-/t17-/m1/s1. The maximum absolute atomic E-state index is 12.2. The van der Waals surface area contributed by atoms with E-state index in [0.29, 0.717) is 24.0 Å². The molecule has 0 unspecified atom stereocenters. The van der Waals surface area contributed by atoms with Crippen LogP contribution in [0.2, 0.25) is 0 Å². The van der Waals surface area contributed by atoms with Crippen LogP contribution in [0, 0.1) is 12.8 Å². The highest BCUT2D eigenvalue weighted by atomic mass is 16.6. The Balaban J connectivity index is 1.92. The molecule has 0 saturated heterocycles. The van der Waals surface area contributed by atoms with Crippen molar-refractivity contribution in [3.63, 3.8) is 0 Å². The van der Waals surface area contributed by atoms with Gasteiger partial charge in [-0.25, -0.2) is 0 Å². The van der Waals surface area contributed by atoms with Crippen LogP contribution in [0.3, 0.4) is 0 Å². The van der Waals surface area contributed by atoms with Crippen molar-refractivity contribution < 1.29 is 19.1 Å². The summed E-state index contributed by atoms with van der Waals surface area (Å²) in [4.78, 5) is 17.5. The van der Waals surface area contributed by atoms with E-state index in [-0.39, 0.29) is 5.91 Å². The van der Waals surface area contributed by atoms with E-state index in [2.05, 4.69) is 24.3 Å². The van der Waals surface area contributed by atoms with E-state index in [1.165, 1.54) is 6.21 Å². The molecule has 6 nitrogen and oxygen atoms in total. The second kappa shape index (κ2) is 10.3. The summed E-state index contributed by atoms with van der Waals surface area (Å²) >= 11 is 0. The molecular weight excluding hydrogens is 356 g/mol. The van der Waals surface area contributed by atoms with Gasteiger partial charge in [-0.15, -0.1) is 0 Å². The predicted molar refractivity (Wildman–Crippen MR) is 111 cm³/mol. The topological polar surface area (TPSA) is 69.2 Å². The third-order valence-electron chi connectivity index (χ3n) is 3.84. The molecule has 2 rings (SSSR count). The molecule has 1 amide bonds. The van der Waals surface area contributed by atoms with Crippen molar-refractivity contribution >= 4 is 17.8 Å². The second-order valence-corrected chi connectivity index (χ2v) is 6.96. The maximum atomic E-state index is 12.2. The van der Waals surface area contributed by atoms with Crippen molar-refractivity contribution in [2.75, 3.05) is 19.0 Å². The van der Waals surface area contributed by atoms with Crippen molar-refractivity contribution in [2.24, 2.45) is 11.1 Å². The first kappa shape index (κ1) is 21.3. The fourth-order valence-electron chi connectivity index (χ4n) is 2.34. The predicted octanol–water partition coefficient (Wildman–Crippen LogP) is 4.42. The summed E-state index contributed by atoms with van der Waals surface area (Å²) in [5.41, 5.74) is 2.57. The lowest BCUT2D eigenvalue weighted by molar-refractivity contribution is -0.126. The number of hydrogen-bond acceptors (Lipinski definition) is 5. The van der Waals surface area contributed by atoms with Crippen LogP contribution in [-0.4, -0.2) is 31.9 Å². The molecule has 150 valence electrons. The number of carbonyl (C=O) groups is 1. The van der Waals surface area contributed by atoms with Gasteiger partial charge < -0.3 is 19.6 Å². The number of nitrogens with zero attached hydrogens (tertiary/aromatic N) is 1. The summed E-state index contributed by atoms with van der Waals surface area (Å²) in [5.74, 6) is 1.46. The van der Waals surface area contributed by atoms with E-state index in [9.17, 15) is 4.79 Å². The van der Waals surface area contributed by atoms with Crippen molar-refractivity contribution in [2.45, 2.75) is 33.8 Å². The van der Waals surface area contributed by atoms with E-state index in [1.807, 2.05) is 43.3 Å². The molecule has 0 aliphatic heterocycles. The van der Waals surface area contributed by atoms with Crippen molar-refractivity contribution in [3.05, 3.63) is 53.6 Å². The molecule has 0 heterocycles. The Morgan fingerprint density at radius 2 is 1.93 bits per heavy atom. The smallest absolute Gasteiger partial charge is 0.267 e. The monoisotopic (exact) mass is 384 g/mol. The van der Waals surface area contributed by atoms with Gasteiger partial charge in [0.2, 0.25) is 6.10 Å². The molecule has 0 aliphatic rings. The molecule has 6 heteroatoms. The first-order valence-corrected chi connectivity index (χ1v) is 9.26. The highest BCUT2D eigenvalue weighted by Crippen LogP contribution is 2.28. The van der Waals surface area contributed by atoms with Gasteiger partial charge in [0.05, 0.1) is 19.9 Å². The lowest BCUT2D eigenvalue weighted by Gasteiger charge is -2.13. The zero-order valence-corrected chi connectivity index (χ0v) is 17.1. The van der Waals surface area contributed by atoms with E-state index in [4.69, 9.17) is 14.3 Å². The van der Waals surface area contributed by atoms with Crippen LogP contribution in [0.4, 0.5) is 5.69 Å². The molecule has 2 aromatic rings. The summed E-state index contributed by atoms with van der Waals surface area (Å²) < 4.78 is 11.1. The van der Waals surface area contributed by atoms with Gasteiger partial charge in [-0.2, -0.15) is 0 Å². The summed E-state index contributed by atoms with van der Waals surface area (Å²) in [7, 11) is 1.59. The van der Waals surface area contributed by atoms with Gasteiger partial charge in [-0.05, 0) is 55.7 Å². The van der Waals surface area contributed by atoms with E-state index in [1.54, 1.807) is 20.1 Å². The van der Waals surface area contributed by atoms with Gasteiger partial charge in [-0.3, -0.25) is 4.79 Å². The molecular formula is C22H28N2O4. The minimum Gasteiger partial charge on any atom is -0.493 e. The van der Waals surface area contributed by atoms with Crippen molar-refractivity contribution in [1.82, 2.24) is 0 Å². The van der Waals surface area contributed by atoms with Gasteiger partial charge in [0.1, 0.15) is 0 Å². The molecule has 1 atom stereocenters. The van der Waals surface area contributed by atoms with Gasteiger partial charge >= 0.3 is 0 Å². The zero-order chi connectivity index (χ0) is 20.5. The average molecular weight is 384 g/mol. The number of benzene rings is 2. The Bertz CT molecular complexity index is 818. The first-order chi connectivity index (χ1) is 13.4. The Hall–Kier alpha value is -3.02. The molecule has 0 spiro atoms. The Morgan fingerprint density at radius 3 is 2.61 bits per heavy atom. The van der Waals surface area contributed by atoms with Gasteiger partial charge in [-0.1, -0.05) is 31.1 Å². The van der Waals surface area contributed by atoms with Gasteiger partial charge in [0.25, 0.3) is 5.91 Å². The first-order valence-electron chi connectivity index (χ1n) is 9.26. The van der Waals surface area contributed by atoms with Gasteiger partial charge in [0.15, 0.2) is 11.5 Å². The number of amides is 1. The van der Waals surface area contributed by atoms with E-state index in [0.717, 1.165) is 16.8 Å².